The van der Waals surface area contributed by atoms with Crippen LogP contribution in [-0.2, 0) is 4.74 Å². The molecule has 0 atom stereocenters. The largest absolute Gasteiger partial charge is 0.497 e. The van der Waals surface area contributed by atoms with Crippen LogP contribution in [0.3, 0.4) is 0 Å². The maximum Gasteiger partial charge on any atom is 0.408 e. The van der Waals surface area contributed by atoms with E-state index in [1.807, 2.05) is 39.0 Å². The van der Waals surface area contributed by atoms with Crippen molar-refractivity contribution >= 4 is 22.0 Å². The minimum Gasteiger partial charge on any atom is -0.497 e. The van der Waals surface area contributed by atoms with Crippen LogP contribution < -0.4 is 14.8 Å². The van der Waals surface area contributed by atoms with E-state index >= 15 is 0 Å². The van der Waals surface area contributed by atoms with Crippen LogP contribution in [0.5, 0.6) is 11.5 Å². The van der Waals surface area contributed by atoms with Gasteiger partial charge in [0.05, 0.1) is 17.1 Å². The predicted octanol–water partition coefficient (Wildman–Crippen LogP) is 3.89. The molecule has 0 saturated heterocycles. The van der Waals surface area contributed by atoms with Crippen LogP contribution in [0.25, 0.3) is 0 Å². The van der Waals surface area contributed by atoms with E-state index in [9.17, 15) is 4.79 Å². The first-order valence-corrected chi connectivity index (χ1v) is 8.00. The van der Waals surface area contributed by atoms with Gasteiger partial charge in [0.2, 0.25) is 0 Å². The molecule has 0 radical (unpaired) electrons. The van der Waals surface area contributed by atoms with Crippen molar-refractivity contribution in [2.24, 2.45) is 0 Å². The van der Waals surface area contributed by atoms with Crippen molar-refractivity contribution in [2.45, 2.75) is 44.8 Å². The zero-order valence-corrected chi connectivity index (χ0v) is 15.0. The Balaban J connectivity index is 1.90. The fraction of sp³-hybridized carbons (Fsp3) is 0.562. The fourth-order valence-electron chi connectivity index (χ4n) is 1.92. The summed E-state index contributed by atoms with van der Waals surface area (Å²) < 4.78 is 17.1. The third-order valence-electron chi connectivity index (χ3n) is 3.26. The lowest BCUT2D eigenvalue weighted by Crippen LogP contribution is -2.44. The van der Waals surface area contributed by atoms with Crippen molar-refractivity contribution in [2.75, 3.05) is 13.7 Å². The second-order valence-corrected chi connectivity index (χ2v) is 7.35. The average Bonchev–Trinajstić information content (AvgIpc) is 3.14. The summed E-state index contributed by atoms with van der Waals surface area (Å²) in [5, 5.41) is 2.91. The van der Waals surface area contributed by atoms with Gasteiger partial charge in [-0.1, -0.05) is 0 Å². The minimum atomic E-state index is -0.500. The molecule has 0 bridgehead atoms. The van der Waals surface area contributed by atoms with E-state index in [1.165, 1.54) is 0 Å². The molecule has 1 fully saturated rings. The van der Waals surface area contributed by atoms with Crippen LogP contribution >= 0.6 is 15.9 Å². The summed E-state index contributed by atoms with van der Waals surface area (Å²) in [5.74, 6) is 1.48. The number of hydrogen-bond acceptors (Lipinski definition) is 4. The molecule has 0 unspecified atom stereocenters. The molecule has 1 N–H and O–H groups in total. The van der Waals surface area contributed by atoms with Crippen LogP contribution in [0.4, 0.5) is 4.79 Å². The summed E-state index contributed by atoms with van der Waals surface area (Å²) in [6.45, 7) is 5.95. The summed E-state index contributed by atoms with van der Waals surface area (Å²) in [6, 6.07) is 5.52. The number of nitrogens with one attached hydrogen (secondary N) is 1. The Labute approximate surface area is 139 Å². The van der Waals surface area contributed by atoms with Crippen LogP contribution in [0.1, 0.15) is 33.6 Å². The zero-order chi connectivity index (χ0) is 16.4. The van der Waals surface area contributed by atoms with Crippen molar-refractivity contribution in [3.8, 4) is 11.5 Å². The van der Waals surface area contributed by atoms with E-state index in [0.717, 1.165) is 28.8 Å². The Bertz CT molecular complexity index is 550. The summed E-state index contributed by atoms with van der Waals surface area (Å²) >= 11 is 3.45. The summed E-state index contributed by atoms with van der Waals surface area (Å²) in [7, 11) is 1.62. The van der Waals surface area contributed by atoms with Crippen LogP contribution in [0.2, 0.25) is 0 Å². The number of methoxy groups -OCH3 is 1. The molecule has 2 rings (SSSR count). The minimum absolute atomic E-state index is 0.318. The fourth-order valence-corrected chi connectivity index (χ4v) is 2.39. The van der Waals surface area contributed by atoms with Gasteiger partial charge in [-0.3, -0.25) is 0 Å². The Hall–Kier alpha value is -1.43. The first-order valence-electron chi connectivity index (χ1n) is 7.21. The average molecular weight is 372 g/mol. The number of alkyl carbamates (subject to hydrolysis) is 1. The van der Waals surface area contributed by atoms with Gasteiger partial charge >= 0.3 is 6.09 Å². The van der Waals surface area contributed by atoms with Gasteiger partial charge in [-0.15, -0.1) is 0 Å². The van der Waals surface area contributed by atoms with Crippen LogP contribution in [0, 0.1) is 0 Å². The van der Waals surface area contributed by atoms with Gasteiger partial charge in [-0.25, -0.2) is 4.79 Å². The lowest BCUT2D eigenvalue weighted by Gasteiger charge is -2.23. The quantitative estimate of drug-likeness (QED) is 0.852. The van der Waals surface area contributed by atoms with E-state index in [0.29, 0.717) is 6.61 Å². The molecule has 0 spiro atoms. The molecule has 1 aliphatic carbocycles. The number of ether oxygens (including phenoxy) is 3. The molecule has 1 aromatic carbocycles. The second-order valence-electron chi connectivity index (χ2n) is 6.49. The summed E-state index contributed by atoms with van der Waals surface area (Å²) in [4.78, 5) is 11.9. The standard InChI is InChI=1S/C16H22BrNO4/c1-15(2,3)22-14(19)18-16(7-8-16)10-21-13-6-5-11(20-4)9-12(13)17/h5-6,9H,7-8,10H2,1-4H3,(H,18,19). The van der Waals surface area contributed by atoms with Crippen LogP contribution in [0.15, 0.2) is 22.7 Å². The van der Waals surface area contributed by atoms with Gasteiger partial charge in [0.15, 0.2) is 0 Å². The molecule has 1 aromatic rings. The molecule has 0 aliphatic heterocycles. The van der Waals surface area contributed by atoms with Gasteiger partial charge in [0.25, 0.3) is 0 Å². The summed E-state index contributed by atoms with van der Waals surface area (Å²) in [5.41, 5.74) is -0.818. The van der Waals surface area contributed by atoms with Crippen molar-refractivity contribution in [3.63, 3.8) is 0 Å². The maximum absolute atomic E-state index is 11.9. The number of rotatable bonds is 5. The number of halogens is 1. The Morgan fingerprint density at radius 2 is 2.05 bits per heavy atom. The van der Waals surface area contributed by atoms with Crippen molar-refractivity contribution in [3.05, 3.63) is 22.7 Å². The molecule has 1 saturated carbocycles. The Kier molecular flexibility index (Phi) is 4.90. The predicted molar refractivity (Wildman–Crippen MR) is 87.5 cm³/mol. The number of carbonyl (C=O) groups is 1. The number of benzene rings is 1. The highest BCUT2D eigenvalue weighted by Crippen LogP contribution is 2.37. The summed E-state index contributed by atoms with van der Waals surface area (Å²) in [6.07, 6.45) is 1.38. The molecule has 0 heterocycles. The SMILES string of the molecule is COc1ccc(OCC2(NC(=O)OC(C)(C)C)CC2)c(Br)c1. The lowest BCUT2D eigenvalue weighted by molar-refractivity contribution is 0.0477. The normalized spacial score (nSPS) is 15.9. The van der Waals surface area contributed by atoms with Gasteiger partial charge in [0, 0.05) is 0 Å². The number of carbonyl (C=O) groups excluding carboxylic acids is 1. The third kappa shape index (κ3) is 4.80. The smallest absolute Gasteiger partial charge is 0.408 e. The van der Waals surface area contributed by atoms with E-state index in [-0.39, 0.29) is 5.54 Å². The van der Waals surface area contributed by atoms with Crippen LogP contribution in [-0.4, -0.2) is 30.9 Å². The first kappa shape index (κ1) is 16.9. The highest BCUT2D eigenvalue weighted by molar-refractivity contribution is 9.10. The van der Waals surface area contributed by atoms with Crippen molar-refractivity contribution in [1.29, 1.82) is 0 Å². The van der Waals surface area contributed by atoms with E-state index in [2.05, 4.69) is 21.2 Å². The van der Waals surface area contributed by atoms with Gasteiger partial charge in [-0.2, -0.15) is 0 Å². The Morgan fingerprint density at radius 1 is 1.36 bits per heavy atom. The molecule has 1 amide bonds. The van der Waals surface area contributed by atoms with Gasteiger partial charge in [-0.05, 0) is 67.7 Å². The molecule has 6 heteroatoms. The molecular weight excluding hydrogens is 350 g/mol. The van der Waals surface area contributed by atoms with E-state index in [4.69, 9.17) is 14.2 Å². The zero-order valence-electron chi connectivity index (χ0n) is 13.4. The molecule has 5 nitrogen and oxygen atoms in total. The monoisotopic (exact) mass is 371 g/mol. The Morgan fingerprint density at radius 3 is 2.55 bits per heavy atom. The van der Waals surface area contributed by atoms with E-state index in [1.54, 1.807) is 7.11 Å². The third-order valence-corrected chi connectivity index (χ3v) is 3.88. The highest BCUT2D eigenvalue weighted by atomic mass is 79.9. The van der Waals surface area contributed by atoms with Crippen molar-refractivity contribution < 1.29 is 19.0 Å². The number of amides is 1. The van der Waals surface area contributed by atoms with Gasteiger partial charge in [0.1, 0.15) is 23.7 Å². The first-order chi connectivity index (χ1) is 10.2. The highest BCUT2D eigenvalue weighted by Gasteiger charge is 2.46. The maximum atomic E-state index is 11.9. The lowest BCUT2D eigenvalue weighted by atomic mass is 10.2. The topological polar surface area (TPSA) is 56.8 Å². The second kappa shape index (κ2) is 6.36. The molecule has 1 aliphatic rings. The molecule has 122 valence electrons. The van der Waals surface area contributed by atoms with Crippen molar-refractivity contribution in [1.82, 2.24) is 5.32 Å². The van der Waals surface area contributed by atoms with Gasteiger partial charge < -0.3 is 19.5 Å². The molecule has 22 heavy (non-hydrogen) atoms. The van der Waals surface area contributed by atoms with E-state index < -0.39 is 11.7 Å². The molecular formula is C16H22BrNO4. The number of hydrogen-bond donors (Lipinski definition) is 1. The molecule has 0 aromatic heterocycles.